The zero-order chi connectivity index (χ0) is 14.4. The van der Waals surface area contributed by atoms with Crippen LogP contribution in [0.1, 0.15) is 25.3 Å². The maximum Gasteiger partial charge on any atom is 0.203 e. The Morgan fingerprint density at radius 3 is 2.90 bits per heavy atom. The van der Waals surface area contributed by atoms with E-state index < -0.39 is 0 Å². The van der Waals surface area contributed by atoms with Crippen LogP contribution in [-0.2, 0) is 6.54 Å². The van der Waals surface area contributed by atoms with Gasteiger partial charge in [0, 0.05) is 6.54 Å². The molecule has 2 N–H and O–H groups in total. The van der Waals surface area contributed by atoms with Gasteiger partial charge in [0.2, 0.25) is 5.75 Å². The third-order valence-corrected chi connectivity index (χ3v) is 3.34. The quantitative estimate of drug-likeness (QED) is 0.745. The Kier molecular flexibility index (Phi) is 5.49. The van der Waals surface area contributed by atoms with Gasteiger partial charge in [-0.25, -0.2) is 0 Å². The average Bonchev–Trinajstić information content (AvgIpc) is 2.50. The number of hydrogen-bond acceptors (Lipinski definition) is 5. The van der Waals surface area contributed by atoms with Crippen LogP contribution in [0.15, 0.2) is 12.1 Å². The van der Waals surface area contributed by atoms with E-state index in [0.29, 0.717) is 31.3 Å². The summed E-state index contributed by atoms with van der Waals surface area (Å²) >= 11 is 0. The molecule has 112 valence electrons. The lowest BCUT2D eigenvalue weighted by atomic mass is 10.1. The Morgan fingerprint density at radius 1 is 1.35 bits per heavy atom. The van der Waals surface area contributed by atoms with E-state index in [1.54, 1.807) is 7.11 Å². The van der Waals surface area contributed by atoms with Crippen molar-refractivity contribution >= 4 is 0 Å². The fraction of sp³-hybridized carbons (Fsp3) is 0.600. The van der Waals surface area contributed by atoms with E-state index in [-0.39, 0.29) is 6.10 Å². The molecule has 1 heterocycles. The number of hydrogen-bond donors (Lipinski definition) is 2. The van der Waals surface area contributed by atoms with Gasteiger partial charge in [-0.05, 0) is 37.1 Å². The van der Waals surface area contributed by atoms with Gasteiger partial charge in [0.05, 0.1) is 13.2 Å². The molecule has 0 saturated heterocycles. The lowest BCUT2D eigenvalue weighted by Crippen LogP contribution is -2.20. The van der Waals surface area contributed by atoms with Crippen LogP contribution in [0.5, 0.6) is 17.2 Å². The van der Waals surface area contributed by atoms with Gasteiger partial charge in [-0.15, -0.1) is 0 Å². The van der Waals surface area contributed by atoms with Crippen molar-refractivity contribution in [2.24, 2.45) is 0 Å². The van der Waals surface area contributed by atoms with Crippen molar-refractivity contribution in [3.63, 3.8) is 0 Å². The van der Waals surface area contributed by atoms with Gasteiger partial charge in [-0.2, -0.15) is 0 Å². The molecule has 1 atom stereocenters. The van der Waals surface area contributed by atoms with E-state index in [4.69, 9.17) is 14.2 Å². The fourth-order valence-electron chi connectivity index (χ4n) is 2.13. The van der Waals surface area contributed by atoms with Crippen molar-refractivity contribution in [2.75, 3.05) is 26.9 Å². The smallest absolute Gasteiger partial charge is 0.203 e. The summed E-state index contributed by atoms with van der Waals surface area (Å²) in [5.41, 5.74) is 1.08. The number of ether oxygens (including phenoxy) is 3. The maximum atomic E-state index is 9.50. The van der Waals surface area contributed by atoms with E-state index in [1.165, 1.54) is 0 Å². The first-order chi connectivity index (χ1) is 9.74. The van der Waals surface area contributed by atoms with E-state index in [1.807, 2.05) is 19.1 Å². The fourth-order valence-corrected chi connectivity index (χ4v) is 2.13. The van der Waals surface area contributed by atoms with Crippen LogP contribution < -0.4 is 19.5 Å². The molecule has 0 radical (unpaired) electrons. The summed E-state index contributed by atoms with van der Waals surface area (Å²) < 4.78 is 16.5. The molecule has 0 aromatic heterocycles. The maximum absolute atomic E-state index is 9.50. The van der Waals surface area contributed by atoms with Crippen LogP contribution in [0.2, 0.25) is 0 Å². The molecule has 0 spiro atoms. The first kappa shape index (κ1) is 14.9. The number of aliphatic hydroxyl groups excluding tert-OH is 1. The minimum absolute atomic E-state index is 0.225. The van der Waals surface area contributed by atoms with Crippen molar-refractivity contribution in [3.05, 3.63) is 17.7 Å². The first-order valence-electron chi connectivity index (χ1n) is 7.10. The van der Waals surface area contributed by atoms with Crippen LogP contribution >= 0.6 is 0 Å². The largest absolute Gasteiger partial charge is 0.493 e. The summed E-state index contributed by atoms with van der Waals surface area (Å²) in [5, 5.41) is 12.8. The van der Waals surface area contributed by atoms with Gasteiger partial charge in [0.15, 0.2) is 11.5 Å². The third-order valence-electron chi connectivity index (χ3n) is 3.34. The van der Waals surface area contributed by atoms with Crippen molar-refractivity contribution in [1.29, 1.82) is 0 Å². The highest BCUT2D eigenvalue weighted by Gasteiger charge is 2.18. The molecule has 0 bridgehead atoms. The second kappa shape index (κ2) is 7.36. The molecule has 20 heavy (non-hydrogen) atoms. The zero-order valence-electron chi connectivity index (χ0n) is 12.1. The summed E-state index contributed by atoms with van der Waals surface area (Å²) in [5.74, 6) is 2.12. The molecule has 0 saturated carbocycles. The van der Waals surface area contributed by atoms with Crippen molar-refractivity contribution < 1.29 is 19.3 Å². The monoisotopic (exact) mass is 281 g/mol. The Balaban J connectivity index is 1.94. The normalized spacial score (nSPS) is 14.9. The molecular formula is C15H23NO4. The van der Waals surface area contributed by atoms with Gasteiger partial charge in [-0.1, -0.05) is 6.92 Å². The number of benzene rings is 1. The highest BCUT2D eigenvalue weighted by Crippen LogP contribution is 2.40. The number of fused-ring (bicyclic) bond motifs is 1. The lowest BCUT2D eigenvalue weighted by molar-refractivity contribution is 0.159. The molecule has 0 aliphatic carbocycles. The van der Waals surface area contributed by atoms with Crippen molar-refractivity contribution in [3.8, 4) is 17.2 Å². The SMILES string of the molecule is CCC(O)CCNCc1cc(OC)c2c(c1)OCCO2. The minimum atomic E-state index is -0.225. The predicted molar refractivity (Wildman–Crippen MR) is 76.6 cm³/mol. The van der Waals surface area contributed by atoms with Gasteiger partial charge in [0.25, 0.3) is 0 Å². The van der Waals surface area contributed by atoms with Gasteiger partial charge >= 0.3 is 0 Å². The Morgan fingerprint density at radius 2 is 2.15 bits per heavy atom. The molecule has 1 aliphatic heterocycles. The van der Waals surface area contributed by atoms with E-state index in [0.717, 1.165) is 30.7 Å². The van der Waals surface area contributed by atoms with E-state index in [9.17, 15) is 5.11 Å². The molecule has 5 nitrogen and oxygen atoms in total. The standard InChI is InChI=1S/C15H23NO4/c1-3-12(17)4-5-16-10-11-8-13(18-2)15-14(9-11)19-6-7-20-15/h8-9,12,16-17H,3-7,10H2,1-2H3. The summed E-state index contributed by atoms with van der Waals surface area (Å²) in [6, 6.07) is 3.93. The Labute approximate surface area is 119 Å². The van der Waals surface area contributed by atoms with Gasteiger partial charge in [-0.3, -0.25) is 0 Å². The molecule has 2 rings (SSSR count). The van der Waals surface area contributed by atoms with Crippen LogP contribution in [0.4, 0.5) is 0 Å². The molecule has 1 aliphatic rings. The first-order valence-corrected chi connectivity index (χ1v) is 7.10. The van der Waals surface area contributed by atoms with Crippen molar-refractivity contribution in [1.82, 2.24) is 5.32 Å². The zero-order valence-corrected chi connectivity index (χ0v) is 12.1. The van der Waals surface area contributed by atoms with Gasteiger partial charge in [0.1, 0.15) is 13.2 Å². The second-order valence-electron chi connectivity index (χ2n) is 4.85. The summed E-state index contributed by atoms with van der Waals surface area (Å²) in [6.45, 7) is 4.59. The summed E-state index contributed by atoms with van der Waals surface area (Å²) in [6.07, 6.45) is 1.33. The highest BCUT2D eigenvalue weighted by atomic mass is 16.6. The summed E-state index contributed by atoms with van der Waals surface area (Å²) in [7, 11) is 1.63. The lowest BCUT2D eigenvalue weighted by Gasteiger charge is -2.21. The highest BCUT2D eigenvalue weighted by molar-refractivity contribution is 5.54. The van der Waals surface area contributed by atoms with E-state index >= 15 is 0 Å². The van der Waals surface area contributed by atoms with Gasteiger partial charge < -0.3 is 24.6 Å². The Bertz CT molecular complexity index is 419. The second-order valence-corrected chi connectivity index (χ2v) is 4.85. The molecule has 1 aromatic carbocycles. The molecular weight excluding hydrogens is 258 g/mol. The third kappa shape index (κ3) is 3.77. The molecule has 0 amide bonds. The minimum Gasteiger partial charge on any atom is -0.493 e. The van der Waals surface area contributed by atoms with E-state index in [2.05, 4.69) is 5.32 Å². The molecule has 5 heteroatoms. The predicted octanol–water partition coefficient (Wildman–Crippen LogP) is 1.72. The Hall–Kier alpha value is -1.46. The number of aliphatic hydroxyl groups is 1. The summed E-state index contributed by atoms with van der Waals surface area (Å²) in [4.78, 5) is 0. The topological polar surface area (TPSA) is 60.0 Å². The number of methoxy groups -OCH3 is 1. The van der Waals surface area contributed by atoms with Crippen molar-refractivity contribution in [2.45, 2.75) is 32.4 Å². The molecule has 0 fully saturated rings. The average molecular weight is 281 g/mol. The van der Waals surface area contributed by atoms with Crippen LogP contribution in [0.25, 0.3) is 0 Å². The van der Waals surface area contributed by atoms with Crippen LogP contribution in [-0.4, -0.2) is 38.1 Å². The van der Waals surface area contributed by atoms with Crippen LogP contribution in [0.3, 0.4) is 0 Å². The molecule has 1 aromatic rings. The van der Waals surface area contributed by atoms with Crippen LogP contribution in [0, 0.1) is 0 Å². The number of nitrogens with one attached hydrogen (secondary N) is 1. The molecule has 1 unspecified atom stereocenters. The number of rotatable bonds is 7.